The van der Waals surface area contributed by atoms with Gasteiger partial charge in [-0.2, -0.15) is 0 Å². The Morgan fingerprint density at radius 2 is 1.74 bits per heavy atom. The molecule has 0 amide bonds. The summed E-state index contributed by atoms with van der Waals surface area (Å²) >= 11 is 5.79. The first-order valence-electron chi connectivity index (χ1n) is 6.62. The smallest absolute Gasteiger partial charge is 0.255 e. The highest BCUT2D eigenvalue weighted by Gasteiger charge is 2.11. The summed E-state index contributed by atoms with van der Waals surface area (Å²) in [7, 11) is -0.738. The van der Waals surface area contributed by atoms with Gasteiger partial charge in [0.25, 0.3) is 10.0 Å². The fourth-order valence-electron chi connectivity index (χ4n) is 1.82. The highest BCUT2D eigenvalue weighted by atomic mass is 35.5. The lowest BCUT2D eigenvalue weighted by Crippen LogP contribution is -2.10. The minimum Gasteiger partial charge on any atom is -0.497 e. The number of halogens is 1. The summed E-state index contributed by atoms with van der Waals surface area (Å²) in [5.41, 5.74) is 1.02. The molecule has 1 N–H and O–H groups in total. The van der Waals surface area contributed by atoms with Crippen LogP contribution in [0.5, 0.6) is 11.5 Å². The van der Waals surface area contributed by atoms with Crippen LogP contribution >= 0.6 is 11.6 Å². The van der Waals surface area contributed by atoms with E-state index in [1.54, 1.807) is 42.5 Å². The number of benzene rings is 2. The first kappa shape index (κ1) is 17.2. The number of sulfonamides is 1. The number of methoxy groups -OCH3 is 2. The van der Waals surface area contributed by atoms with E-state index in [0.29, 0.717) is 22.2 Å². The number of nitrogens with one attached hydrogen (secondary N) is 1. The third-order valence-corrected chi connectivity index (χ3v) is 4.22. The molecular formula is C16H16ClNO4S. The maximum atomic E-state index is 12.2. The van der Waals surface area contributed by atoms with E-state index in [-0.39, 0.29) is 0 Å². The van der Waals surface area contributed by atoms with Gasteiger partial charge in [-0.3, -0.25) is 4.72 Å². The largest absolute Gasteiger partial charge is 0.497 e. The molecule has 0 radical (unpaired) electrons. The fourth-order valence-corrected chi connectivity index (χ4v) is 2.82. The van der Waals surface area contributed by atoms with E-state index in [1.807, 2.05) is 0 Å². The molecule has 23 heavy (non-hydrogen) atoms. The Morgan fingerprint density at radius 3 is 2.35 bits per heavy atom. The first-order valence-corrected chi connectivity index (χ1v) is 8.54. The Kier molecular flexibility index (Phi) is 5.52. The van der Waals surface area contributed by atoms with E-state index < -0.39 is 10.0 Å². The molecule has 0 spiro atoms. The number of hydrogen-bond donors (Lipinski definition) is 1. The van der Waals surface area contributed by atoms with Crippen molar-refractivity contribution in [1.29, 1.82) is 0 Å². The number of rotatable bonds is 6. The molecule has 0 fully saturated rings. The Hall–Kier alpha value is -2.18. The summed E-state index contributed by atoms with van der Waals surface area (Å²) in [5, 5.41) is 1.67. The van der Waals surface area contributed by atoms with Crippen molar-refractivity contribution in [2.45, 2.75) is 0 Å². The minimum absolute atomic E-state index is 0.299. The molecule has 7 heteroatoms. The maximum absolute atomic E-state index is 12.2. The van der Waals surface area contributed by atoms with Gasteiger partial charge >= 0.3 is 0 Å². The summed E-state index contributed by atoms with van der Waals surface area (Å²) in [6.45, 7) is 0. The average Bonchev–Trinajstić information content (AvgIpc) is 2.54. The van der Waals surface area contributed by atoms with Crippen LogP contribution < -0.4 is 14.2 Å². The van der Waals surface area contributed by atoms with Crippen LogP contribution in [0.3, 0.4) is 0 Å². The molecular weight excluding hydrogens is 338 g/mol. The molecule has 0 aliphatic rings. The molecule has 0 aliphatic carbocycles. The number of hydrogen-bond acceptors (Lipinski definition) is 4. The van der Waals surface area contributed by atoms with Crippen LogP contribution in [-0.2, 0) is 10.0 Å². The normalized spacial score (nSPS) is 11.4. The zero-order chi connectivity index (χ0) is 16.9. The molecule has 0 saturated heterocycles. The lowest BCUT2D eigenvalue weighted by atomic mass is 10.2. The van der Waals surface area contributed by atoms with Gasteiger partial charge in [0.15, 0.2) is 0 Å². The Balaban J connectivity index is 2.22. The lowest BCUT2D eigenvalue weighted by molar-refractivity contribution is 0.405. The first-order chi connectivity index (χ1) is 10.9. The van der Waals surface area contributed by atoms with Crippen molar-refractivity contribution in [2.75, 3.05) is 18.9 Å². The minimum atomic E-state index is -3.70. The molecule has 122 valence electrons. The van der Waals surface area contributed by atoms with Crippen LogP contribution in [0.25, 0.3) is 6.08 Å². The summed E-state index contributed by atoms with van der Waals surface area (Å²) < 4.78 is 37.1. The zero-order valence-electron chi connectivity index (χ0n) is 12.6. The van der Waals surface area contributed by atoms with Gasteiger partial charge in [-0.15, -0.1) is 0 Å². The van der Waals surface area contributed by atoms with E-state index in [2.05, 4.69) is 4.72 Å². The van der Waals surface area contributed by atoms with Crippen LogP contribution in [0.1, 0.15) is 5.56 Å². The second kappa shape index (κ2) is 7.39. The van der Waals surface area contributed by atoms with Crippen LogP contribution in [0.15, 0.2) is 47.9 Å². The average molecular weight is 354 g/mol. The SMILES string of the molecule is COc1ccc(OC)c(NS(=O)(=O)C=Cc2ccc(Cl)cc2)c1. The van der Waals surface area contributed by atoms with E-state index in [1.165, 1.54) is 20.3 Å². The monoisotopic (exact) mass is 353 g/mol. The van der Waals surface area contributed by atoms with Crippen molar-refractivity contribution in [3.63, 3.8) is 0 Å². The summed E-state index contributed by atoms with van der Waals surface area (Å²) in [4.78, 5) is 0. The third-order valence-electron chi connectivity index (χ3n) is 2.97. The van der Waals surface area contributed by atoms with Gasteiger partial charge < -0.3 is 9.47 Å². The molecule has 0 bridgehead atoms. The topological polar surface area (TPSA) is 64.6 Å². The van der Waals surface area contributed by atoms with Gasteiger partial charge in [0.1, 0.15) is 11.5 Å². The summed E-state index contributed by atoms with van der Waals surface area (Å²) in [6.07, 6.45) is 1.48. The molecule has 0 atom stereocenters. The molecule has 0 aromatic heterocycles. The highest BCUT2D eigenvalue weighted by Crippen LogP contribution is 2.29. The van der Waals surface area contributed by atoms with Gasteiger partial charge in [-0.25, -0.2) is 8.42 Å². The van der Waals surface area contributed by atoms with Crippen molar-refractivity contribution < 1.29 is 17.9 Å². The fraction of sp³-hybridized carbons (Fsp3) is 0.125. The molecule has 0 saturated carbocycles. The van der Waals surface area contributed by atoms with Gasteiger partial charge in [0.05, 0.1) is 25.3 Å². The Labute approximate surface area is 140 Å². The second-order valence-electron chi connectivity index (χ2n) is 4.57. The van der Waals surface area contributed by atoms with Gasteiger partial charge in [-0.1, -0.05) is 23.7 Å². The summed E-state index contributed by atoms with van der Waals surface area (Å²) in [5.74, 6) is 0.916. The molecule has 0 unspecified atom stereocenters. The van der Waals surface area contributed by atoms with E-state index in [0.717, 1.165) is 11.0 Å². The number of ether oxygens (including phenoxy) is 2. The van der Waals surface area contributed by atoms with Crippen LogP contribution in [0, 0.1) is 0 Å². The molecule has 2 rings (SSSR count). The van der Waals surface area contributed by atoms with Gasteiger partial charge in [-0.05, 0) is 35.9 Å². The van der Waals surface area contributed by atoms with E-state index >= 15 is 0 Å². The van der Waals surface area contributed by atoms with E-state index in [9.17, 15) is 8.42 Å². The highest BCUT2D eigenvalue weighted by molar-refractivity contribution is 7.95. The van der Waals surface area contributed by atoms with E-state index in [4.69, 9.17) is 21.1 Å². The van der Waals surface area contributed by atoms with Crippen molar-refractivity contribution in [2.24, 2.45) is 0 Å². The Bertz CT molecular complexity index is 801. The van der Waals surface area contributed by atoms with Crippen LogP contribution in [-0.4, -0.2) is 22.6 Å². The predicted molar refractivity (Wildman–Crippen MR) is 92.6 cm³/mol. The van der Waals surface area contributed by atoms with Crippen LogP contribution in [0.2, 0.25) is 5.02 Å². The summed E-state index contributed by atoms with van der Waals surface area (Å²) in [6, 6.07) is 11.7. The maximum Gasteiger partial charge on any atom is 0.255 e. The predicted octanol–water partition coefficient (Wildman–Crippen LogP) is 3.77. The number of anilines is 1. The van der Waals surface area contributed by atoms with Gasteiger partial charge in [0, 0.05) is 11.1 Å². The molecule has 0 aliphatic heterocycles. The molecule has 5 nitrogen and oxygen atoms in total. The molecule has 0 heterocycles. The zero-order valence-corrected chi connectivity index (χ0v) is 14.2. The molecule has 2 aromatic rings. The van der Waals surface area contributed by atoms with Crippen molar-refractivity contribution in [1.82, 2.24) is 0 Å². The molecule has 2 aromatic carbocycles. The Morgan fingerprint density at radius 1 is 1.04 bits per heavy atom. The standard InChI is InChI=1S/C16H16ClNO4S/c1-21-14-7-8-16(22-2)15(11-14)18-23(19,20)10-9-12-3-5-13(17)6-4-12/h3-11,18H,1-2H3. The van der Waals surface area contributed by atoms with Crippen molar-refractivity contribution >= 4 is 33.4 Å². The van der Waals surface area contributed by atoms with Crippen molar-refractivity contribution in [3.05, 3.63) is 58.5 Å². The van der Waals surface area contributed by atoms with Crippen LogP contribution in [0.4, 0.5) is 5.69 Å². The third kappa shape index (κ3) is 4.91. The second-order valence-corrected chi connectivity index (χ2v) is 6.57. The van der Waals surface area contributed by atoms with Crippen molar-refractivity contribution in [3.8, 4) is 11.5 Å². The quantitative estimate of drug-likeness (QED) is 0.858. The lowest BCUT2D eigenvalue weighted by Gasteiger charge is -2.11. The van der Waals surface area contributed by atoms with Gasteiger partial charge in [0.2, 0.25) is 0 Å².